The Kier molecular flexibility index (Phi) is 9.60. The lowest BCUT2D eigenvalue weighted by molar-refractivity contribution is -0.137. The normalized spacial score (nSPS) is 24.7. The average molecular weight is 505 g/mol. The molecule has 1 amide bonds. The standard InChI is InChI=1S/C26H33ClN2O6/c1-17-8-6-10-18(2)35-26(33)24-20(25(27)22(31)15-21(24)30)14-19(11-7-9-17)28-34-16-23(32)29-12-4-3-5-13-29/h6-8,11,15,17-18,30-31H,3-5,9-10,12-14,16H2,1-2H3/b8-6+,11-7+,28-19-/t17?,18-/m1/s1. The SMILES string of the molecule is CC1/C=C/C[C@@H](C)OC(=O)c2c(O)cc(O)c(Cl)c2CC(=N\OCC(=O)N2CCCCC2)/C=C/C1. The monoisotopic (exact) mass is 504 g/mol. The summed E-state index contributed by atoms with van der Waals surface area (Å²) in [5.74, 6) is -1.46. The summed E-state index contributed by atoms with van der Waals surface area (Å²) >= 11 is 6.35. The molecule has 0 aromatic heterocycles. The molecule has 8 nitrogen and oxygen atoms in total. The molecular weight excluding hydrogens is 472 g/mol. The molecule has 35 heavy (non-hydrogen) atoms. The smallest absolute Gasteiger partial charge is 0.342 e. The van der Waals surface area contributed by atoms with Gasteiger partial charge in [0.05, 0.1) is 10.7 Å². The Hall–Kier alpha value is -3.00. The van der Waals surface area contributed by atoms with E-state index in [0.717, 1.165) is 31.7 Å². The van der Waals surface area contributed by atoms with E-state index in [1.165, 1.54) is 0 Å². The number of aromatic hydroxyl groups is 2. The Labute approximate surface area is 210 Å². The quantitative estimate of drug-likeness (QED) is 0.349. The molecule has 1 aromatic carbocycles. The van der Waals surface area contributed by atoms with Crippen LogP contribution in [0.5, 0.6) is 11.5 Å². The van der Waals surface area contributed by atoms with Crippen molar-refractivity contribution in [3.05, 3.63) is 46.5 Å². The van der Waals surface area contributed by atoms with Crippen molar-refractivity contribution in [3.63, 3.8) is 0 Å². The predicted molar refractivity (Wildman–Crippen MR) is 134 cm³/mol. The van der Waals surface area contributed by atoms with Crippen molar-refractivity contribution in [2.24, 2.45) is 11.1 Å². The number of hydrogen-bond acceptors (Lipinski definition) is 7. The van der Waals surface area contributed by atoms with E-state index in [1.54, 1.807) is 17.9 Å². The Morgan fingerprint density at radius 1 is 1.17 bits per heavy atom. The second-order valence-corrected chi connectivity index (χ2v) is 9.43. The number of allylic oxidation sites excluding steroid dienone is 3. The van der Waals surface area contributed by atoms with Gasteiger partial charge in [-0.3, -0.25) is 4.79 Å². The number of phenols is 2. The zero-order chi connectivity index (χ0) is 25.4. The number of benzene rings is 1. The molecule has 2 aliphatic heterocycles. The van der Waals surface area contributed by atoms with E-state index in [0.29, 0.717) is 25.2 Å². The number of likely N-dealkylation sites (tertiary alicyclic amines) is 1. The molecule has 3 rings (SSSR count). The maximum absolute atomic E-state index is 12.9. The van der Waals surface area contributed by atoms with Gasteiger partial charge in [-0.05, 0) is 50.2 Å². The van der Waals surface area contributed by atoms with Gasteiger partial charge in [-0.15, -0.1) is 0 Å². The molecule has 9 heteroatoms. The highest BCUT2D eigenvalue weighted by atomic mass is 35.5. The first kappa shape index (κ1) is 26.6. The third-order valence-electron chi connectivity index (χ3n) is 6.02. The number of phenolic OH excluding ortho intramolecular Hbond substituents is 2. The highest BCUT2D eigenvalue weighted by Crippen LogP contribution is 2.37. The van der Waals surface area contributed by atoms with Crippen molar-refractivity contribution in [3.8, 4) is 11.5 Å². The van der Waals surface area contributed by atoms with Crippen LogP contribution in [0.15, 0.2) is 35.5 Å². The van der Waals surface area contributed by atoms with Gasteiger partial charge in [0.2, 0.25) is 0 Å². The zero-order valence-corrected chi connectivity index (χ0v) is 21.0. The molecule has 0 radical (unpaired) electrons. The van der Waals surface area contributed by atoms with E-state index in [2.05, 4.69) is 12.1 Å². The first-order chi connectivity index (χ1) is 16.8. The minimum atomic E-state index is -0.755. The highest BCUT2D eigenvalue weighted by Gasteiger charge is 2.26. The molecule has 0 saturated carbocycles. The van der Waals surface area contributed by atoms with Gasteiger partial charge in [0.15, 0.2) is 6.61 Å². The van der Waals surface area contributed by atoms with Crippen molar-refractivity contribution >= 4 is 29.2 Å². The number of hydrogen-bond donors (Lipinski definition) is 2. The van der Waals surface area contributed by atoms with Crippen molar-refractivity contribution in [2.45, 2.75) is 58.5 Å². The second kappa shape index (κ2) is 12.6. The molecule has 190 valence electrons. The summed E-state index contributed by atoms with van der Waals surface area (Å²) in [6, 6.07) is 1.01. The molecule has 2 N–H and O–H groups in total. The van der Waals surface area contributed by atoms with E-state index in [-0.39, 0.29) is 46.8 Å². The second-order valence-electron chi connectivity index (χ2n) is 9.05. The van der Waals surface area contributed by atoms with E-state index < -0.39 is 17.8 Å². The van der Waals surface area contributed by atoms with Gasteiger partial charge in [-0.2, -0.15) is 0 Å². The molecule has 0 spiro atoms. The minimum absolute atomic E-state index is 0.0295. The van der Waals surface area contributed by atoms with Gasteiger partial charge in [-0.25, -0.2) is 4.79 Å². The minimum Gasteiger partial charge on any atom is -0.507 e. The van der Waals surface area contributed by atoms with Crippen LogP contribution in [0, 0.1) is 5.92 Å². The third kappa shape index (κ3) is 7.49. The summed E-state index contributed by atoms with van der Waals surface area (Å²) < 4.78 is 5.52. The van der Waals surface area contributed by atoms with Gasteiger partial charge in [0.25, 0.3) is 5.91 Å². The number of rotatable bonds is 3. The summed E-state index contributed by atoms with van der Waals surface area (Å²) in [6.45, 7) is 5.05. The molecule has 0 aliphatic carbocycles. The van der Waals surface area contributed by atoms with E-state index >= 15 is 0 Å². The molecule has 2 heterocycles. The Balaban J connectivity index is 1.91. The molecule has 1 unspecified atom stereocenters. The number of fused-ring (bicyclic) bond motifs is 1. The Morgan fingerprint density at radius 2 is 1.91 bits per heavy atom. The number of esters is 1. The van der Waals surface area contributed by atoms with Crippen LogP contribution in [0.1, 0.15) is 61.9 Å². The fraction of sp³-hybridized carbons (Fsp3) is 0.500. The van der Waals surface area contributed by atoms with Crippen LogP contribution in [-0.4, -0.2) is 58.5 Å². The van der Waals surface area contributed by atoms with Gasteiger partial charge >= 0.3 is 5.97 Å². The molecule has 1 fully saturated rings. The molecule has 1 saturated heterocycles. The fourth-order valence-electron chi connectivity index (χ4n) is 4.08. The van der Waals surface area contributed by atoms with Crippen LogP contribution >= 0.6 is 11.6 Å². The number of nitrogens with zero attached hydrogens (tertiary/aromatic N) is 2. The van der Waals surface area contributed by atoms with E-state index in [1.807, 2.05) is 18.2 Å². The van der Waals surface area contributed by atoms with Gasteiger partial charge in [-0.1, -0.05) is 41.9 Å². The number of oxime groups is 1. The highest BCUT2D eigenvalue weighted by molar-refractivity contribution is 6.33. The summed E-state index contributed by atoms with van der Waals surface area (Å²) in [6.07, 6.45) is 11.5. The lowest BCUT2D eigenvalue weighted by atomic mass is 9.98. The number of carbonyl (C=O) groups is 2. The summed E-state index contributed by atoms with van der Waals surface area (Å²) in [5.41, 5.74) is 0.398. The van der Waals surface area contributed by atoms with E-state index in [9.17, 15) is 19.8 Å². The Morgan fingerprint density at radius 3 is 2.66 bits per heavy atom. The largest absolute Gasteiger partial charge is 0.507 e. The third-order valence-corrected chi connectivity index (χ3v) is 6.44. The lowest BCUT2D eigenvalue weighted by Gasteiger charge is -2.26. The summed E-state index contributed by atoms with van der Waals surface area (Å²) in [4.78, 5) is 32.5. The average Bonchev–Trinajstić information content (AvgIpc) is 2.82. The number of ether oxygens (including phenoxy) is 1. The number of halogens is 1. The summed E-state index contributed by atoms with van der Waals surface area (Å²) in [5, 5.41) is 24.7. The summed E-state index contributed by atoms with van der Waals surface area (Å²) in [7, 11) is 0. The molecule has 2 atom stereocenters. The van der Waals surface area contributed by atoms with Crippen LogP contribution in [0.3, 0.4) is 0 Å². The molecular formula is C26H33ClN2O6. The first-order valence-corrected chi connectivity index (χ1v) is 12.4. The molecule has 0 bridgehead atoms. The van der Waals surface area contributed by atoms with Crippen molar-refractivity contribution in [1.29, 1.82) is 0 Å². The first-order valence-electron chi connectivity index (χ1n) is 12.0. The number of carbonyl (C=O) groups excluding carboxylic acids is 2. The van der Waals surface area contributed by atoms with E-state index in [4.69, 9.17) is 21.2 Å². The van der Waals surface area contributed by atoms with Crippen LogP contribution in [0.4, 0.5) is 0 Å². The lowest BCUT2D eigenvalue weighted by Crippen LogP contribution is -2.37. The maximum Gasteiger partial charge on any atom is 0.342 e. The van der Waals surface area contributed by atoms with Gasteiger partial charge < -0.3 is 24.7 Å². The van der Waals surface area contributed by atoms with Crippen molar-refractivity contribution in [1.82, 2.24) is 4.90 Å². The maximum atomic E-state index is 12.9. The number of amides is 1. The topological polar surface area (TPSA) is 109 Å². The predicted octanol–water partition coefficient (Wildman–Crippen LogP) is 4.77. The van der Waals surface area contributed by atoms with Gasteiger partial charge in [0, 0.05) is 32.0 Å². The van der Waals surface area contributed by atoms with Crippen LogP contribution in [0.25, 0.3) is 0 Å². The van der Waals surface area contributed by atoms with Crippen LogP contribution in [0.2, 0.25) is 5.02 Å². The fourth-order valence-corrected chi connectivity index (χ4v) is 4.29. The molecule has 1 aromatic rings. The van der Waals surface area contributed by atoms with Crippen LogP contribution in [-0.2, 0) is 20.8 Å². The Bertz CT molecular complexity index is 1010. The van der Waals surface area contributed by atoms with Crippen LogP contribution < -0.4 is 0 Å². The van der Waals surface area contributed by atoms with Crippen molar-refractivity contribution < 1.29 is 29.4 Å². The van der Waals surface area contributed by atoms with Gasteiger partial charge in [0.1, 0.15) is 23.2 Å². The zero-order valence-electron chi connectivity index (χ0n) is 20.2. The number of cyclic esters (lactones) is 1. The number of piperidine rings is 1. The van der Waals surface area contributed by atoms with Crippen molar-refractivity contribution in [2.75, 3.05) is 19.7 Å². The molecule has 2 aliphatic rings.